The maximum absolute atomic E-state index is 12.8. The largest absolute Gasteiger partial charge is 0.756 e. The van der Waals surface area contributed by atoms with Crippen molar-refractivity contribution in [2.24, 2.45) is 0 Å². The number of hydrogen-bond donors (Lipinski definition) is 0. The van der Waals surface area contributed by atoms with E-state index in [1.807, 2.05) is 21.1 Å². The molecule has 0 N–H and O–H groups in total. The van der Waals surface area contributed by atoms with Gasteiger partial charge in [0.2, 0.25) is 0 Å². The van der Waals surface area contributed by atoms with Crippen molar-refractivity contribution in [3.05, 3.63) is 48.6 Å². The molecule has 0 aliphatic rings. The van der Waals surface area contributed by atoms with Crippen LogP contribution in [0.3, 0.4) is 0 Å². The van der Waals surface area contributed by atoms with Gasteiger partial charge < -0.3 is 27.9 Å². The van der Waals surface area contributed by atoms with Gasteiger partial charge in [-0.25, -0.2) is 0 Å². The van der Waals surface area contributed by atoms with Crippen LogP contribution in [0.15, 0.2) is 48.6 Å². The minimum Gasteiger partial charge on any atom is -0.756 e. The van der Waals surface area contributed by atoms with Gasteiger partial charge in [-0.1, -0.05) is 306 Å². The zero-order valence-electron chi connectivity index (χ0n) is 52.1. The lowest BCUT2D eigenvalue weighted by Gasteiger charge is -2.28. The Bertz CT molecular complexity index is 1460. The average molecular weight is 1120 g/mol. The molecule has 10 heteroatoms. The number of quaternary nitrogens is 1. The second kappa shape index (κ2) is 59.6. The first kappa shape index (κ1) is 76.0. The molecular formula is C68H128NO8P. The van der Waals surface area contributed by atoms with Crippen LogP contribution >= 0.6 is 7.82 Å². The van der Waals surface area contributed by atoms with E-state index in [1.54, 1.807) is 0 Å². The fourth-order valence-corrected chi connectivity index (χ4v) is 10.5. The lowest BCUT2D eigenvalue weighted by Crippen LogP contribution is -2.37. The summed E-state index contributed by atoms with van der Waals surface area (Å²) >= 11 is 0. The first-order valence-electron chi connectivity index (χ1n) is 33.3. The van der Waals surface area contributed by atoms with E-state index in [1.165, 1.54) is 231 Å². The van der Waals surface area contributed by atoms with Crippen LogP contribution in [0.1, 0.15) is 322 Å². The van der Waals surface area contributed by atoms with E-state index in [-0.39, 0.29) is 32.0 Å². The van der Waals surface area contributed by atoms with E-state index in [0.29, 0.717) is 17.4 Å². The number of nitrogens with zero attached hydrogens (tertiary/aromatic N) is 1. The van der Waals surface area contributed by atoms with Crippen LogP contribution in [-0.2, 0) is 32.7 Å². The molecule has 0 saturated carbocycles. The van der Waals surface area contributed by atoms with Crippen LogP contribution in [0.4, 0.5) is 0 Å². The second-order valence-electron chi connectivity index (χ2n) is 23.8. The topological polar surface area (TPSA) is 111 Å². The van der Waals surface area contributed by atoms with Gasteiger partial charge in [0.05, 0.1) is 27.7 Å². The number of likely N-dealkylation sites (N-methyl/N-ethyl adjacent to an activating group) is 1. The highest BCUT2D eigenvalue weighted by atomic mass is 31.2. The molecule has 9 nitrogen and oxygen atoms in total. The third-order valence-electron chi connectivity index (χ3n) is 14.9. The van der Waals surface area contributed by atoms with Gasteiger partial charge in [-0.05, 0) is 51.4 Å². The Morgan fingerprint density at radius 3 is 1.09 bits per heavy atom. The fourth-order valence-electron chi connectivity index (χ4n) is 9.77. The van der Waals surface area contributed by atoms with E-state index in [9.17, 15) is 19.0 Å². The number of ether oxygens (including phenoxy) is 2. The molecule has 0 bridgehead atoms. The van der Waals surface area contributed by atoms with Crippen molar-refractivity contribution >= 4 is 19.8 Å². The number of phosphoric ester groups is 1. The Morgan fingerprint density at radius 2 is 0.731 bits per heavy atom. The molecule has 0 saturated heterocycles. The van der Waals surface area contributed by atoms with E-state index >= 15 is 0 Å². The second-order valence-corrected chi connectivity index (χ2v) is 25.2. The summed E-state index contributed by atoms with van der Waals surface area (Å²) in [5, 5.41) is 0. The quantitative estimate of drug-likeness (QED) is 0.0195. The maximum Gasteiger partial charge on any atom is 0.306 e. The molecule has 458 valence electrons. The van der Waals surface area contributed by atoms with Crippen LogP contribution in [0, 0.1) is 0 Å². The SMILES string of the molecule is CC/C=C\C/C=C\C/C=C\C/C=C\CCCCCCCCCCCCCCCCCCCCC(=O)OC(COC(=O)CCCCCCCCCCCCCCCCCCCCCCCCC)COP(=O)([O-])OCC[N+](C)(C)C. The van der Waals surface area contributed by atoms with Crippen LogP contribution in [0.5, 0.6) is 0 Å². The minimum absolute atomic E-state index is 0.0284. The highest BCUT2D eigenvalue weighted by Crippen LogP contribution is 2.38. The van der Waals surface area contributed by atoms with Gasteiger partial charge in [0.1, 0.15) is 19.8 Å². The summed E-state index contributed by atoms with van der Waals surface area (Å²) in [5.74, 6) is -0.814. The van der Waals surface area contributed by atoms with Crippen LogP contribution < -0.4 is 4.89 Å². The Balaban J connectivity index is 4.02. The molecule has 0 radical (unpaired) electrons. The predicted octanol–water partition coefficient (Wildman–Crippen LogP) is 20.6. The highest BCUT2D eigenvalue weighted by molar-refractivity contribution is 7.45. The summed E-state index contributed by atoms with van der Waals surface area (Å²) in [5.41, 5.74) is 0. The van der Waals surface area contributed by atoms with Crippen molar-refractivity contribution in [1.29, 1.82) is 0 Å². The zero-order chi connectivity index (χ0) is 57.0. The summed E-state index contributed by atoms with van der Waals surface area (Å²) in [6.07, 6.45) is 76.1. The van der Waals surface area contributed by atoms with Gasteiger partial charge in [-0.2, -0.15) is 0 Å². The number of phosphoric acid groups is 1. The smallest absolute Gasteiger partial charge is 0.306 e. The zero-order valence-corrected chi connectivity index (χ0v) is 53.0. The van der Waals surface area contributed by atoms with Gasteiger partial charge in [-0.3, -0.25) is 14.2 Å². The van der Waals surface area contributed by atoms with Crippen LogP contribution in [0.2, 0.25) is 0 Å². The minimum atomic E-state index is -4.64. The molecular weight excluding hydrogens is 990 g/mol. The molecule has 0 heterocycles. The van der Waals surface area contributed by atoms with Gasteiger partial charge in [0.25, 0.3) is 7.82 Å². The lowest BCUT2D eigenvalue weighted by molar-refractivity contribution is -0.870. The van der Waals surface area contributed by atoms with Gasteiger partial charge in [0, 0.05) is 12.8 Å². The summed E-state index contributed by atoms with van der Waals surface area (Å²) in [4.78, 5) is 38.0. The first-order valence-corrected chi connectivity index (χ1v) is 34.8. The molecule has 0 aromatic heterocycles. The summed E-state index contributed by atoms with van der Waals surface area (Å²) < 4.78 is 34.3. The maximum atomic E-state index is 12.8. The number of carbonyl (C=O) groups excluding carboxylic acids is 2. The Morgan fingerprint density at radius 1 is 0.410 bits per heavy atom. The van der Waals surface area contributed by atoms with Gasteiger partial charge >= 0.3 is 11.9 Å². The molecule has 2 unspecified atom stereocenters. The third-order valence-corrected chi connectivity index (χ3v) is 15.8. The van der Waals surface area contributed by atoms with Crippen molar-refractivity contribution in [3.63, 3.8) is 0 Å². The number of unbranched alkanes of at least 4 members (excludes halogenated alkanes) is 40. The van der Waals surface area contributed by atoms with Crippen molar-refractivity contribution in [2.75, 3.05) is 47.5 Å². The van der Waals surface area contributed by atoms with Crippen LogP contribution in [-0.4, -0.2) is 70.0 Å². The Kier molecular flexibility index (Phi) is 58.0. The molecule has 0 aliphatic carbocycles. The summed E-state index contributed by atoms with van der Waals surface area (Å²) in [6.45, 7) is 4.19. The highest BCUT2D eigenvalue weighted by Gasteiger charge is 2.22. The molecule has 0 aromatic rings. The Labute approximate surface area is 484 Å². The van der Waals surface area contributed by atoms with E-state index < -0.39 is 26.5 Å². The molecule has 0 aliphatic heterocycles. The normalized spacial score (nSPS) is 13.5. The van der Waals surface area contributed by atoms with Gasteiger partial charge in [0.15, 0.2) is 6.10 Å². The summed E-state index contributed by atoms with van der Waals surface area (Å²) in [7, 11) is 1.18. The molecule has 0 fully saturated rings. The standard InChI is InChI=1S/C68H128NO8P/c1-6-8-10-12-14-16-18-20-22-24-26-28-30-31-32-33-34-35-36-37-39-41-43-45-47-49-51-53-55-57-59-61-68(71)77-66(65-76-78(72,73)75-63-62-69(3,4)5)64-74-67(70)60-58-56-54-52-50-48-46-44-42-40-38-29-27-25-23-21-19-17-15-13-11-9-7-2/h8,10,14,16,20,22,26,28,66H,6-7,9,11-13,15,17-19,21,23-25,27,29-65H2,1-5H3/b10-8-,16-14-,22-20-,28-26-. The van der Waals surface area contributed by atoms with E-state index in [2.05, 4.69) is 62.5 Å². The van der Waals surface area contributed by atoms with Gasteiger partial charge in [-0.15, -0.1) is 0 Å². The number of esters is 2. The number of carbonyl (C=O) groups is 2. The van der Waals surface area contributed by atoms with Crippen LogP contribution in [0.25, 0.3) is 0 Å². The molecule has 0 aromatic carbocycles. The monoisotopic (exact) mass is 1120 g/mol. The van der Waals surface area contributed by atoms with Crippen molar-refractivity contribution < 1.29 is 42.1 Å². The first-order chi connectivity index (χ1) is 38.0. The number of allylic oxidation sites excluding steroid dienone is 8. The van der Waals surface area contributed by atoms with Crippen molar-refractivity contribution in [1.82, 2.24) is 0 Å². The molecule has 78 heavy (non-hydrogen) atoms. The van der Waals surface area contributed by atoms with Crippen molar-refractivity contribution in [3.8, 4) is 0 Å². The Hall–Kier alpha value is -2.03. The number of hydrogen-bond acceptors (Lipinski definition) is 8. The molecule has 0 spiro atoms. The summed E-state index contributed by atoms with van der Waals surface area (Å²) in [6, 6.07) is 0. The average Bonchev–Trinajstić information content (AvgIpc) is 3.40. The molecule has 2 atom stereocenters. The molecule has 0 amide bonds. The van der Waals surface area contributed by atoms with E-state index in [0.717, 1.165) is 57.8 Å². The number of rotatable bonds is 62. The fraction of sp³-hybridized carbons (Fsp3) is 0.853. The third kappa shape index (κ3) is 63.2. The lowest BCUT2D eigenvalue weighted by atomic mass is 10.0. The van der Waals surface area contributed by atoms with E-state index in [4.69, 9.17) is 18.5 Å². The molecule has 0 rings (SSSR count). The predicted molar refractivity (Wildman–Crippen MR) is 333 cm³/mol. The van der Waals surface area contributed by atoms with Crippen molar-refractivity contribution in [2.45, 2.75) is 328 Å².